The van der Waals surface area contributed by atoms with Crippen molar-refractivity contribution in [3.05, 3.63) is 35.6 Å². The summed E-state index contributed by atoms with van der Waals surface area (Å²) in [5.74, 6) is -0.148. The van der Waals surface area contributed by atoms with E-state index in [2.05, 4.69) is 4.90 Å². The third-order valence-corrected chi connectivity index (χ3v) is 2.52. The average molecular weight is 239 g/mol. The predicted octanol–water partition coefficient (Wildman–Crippen LogP) is 4.47. The van der Waals surface area contributed by atoms with Crippen LogP contribution >= 0.6 is 0 Å². The van der Waals surface area contributed by atoms with E-state index >= 15 is 0 Å². The summed E-state index contributed by atoms with van der Waals surface area (Å²) in [5, 5.41) is 0. The van der Waals surface area contributed by atoms with Crippen LogP contribution in [0.1, 0.15) is 46.1 Å². The predicted molar refractivity (Wildman–Crippen MR) is 73.6 cm³/mol. The zero-order chi connectivity index (χ0) is 13.1. The molecule has 17 heavy (non-hydrogen) atoms. The molecule has 1 aromatic carbocycles. The first-order chi connectivity index (χ1) is 8.34. The fourth-order valence-electron chi connectivity index (χ4n) is 1.79. The van der Waals surface area contributed by atoms with Gasteiger partial charge in [0.1, 0.15) is 5.82 Å². The maximum atomic E-state index is 12.6. The summed E-state index contributed by atoms with van der Waals surface area (Å²) in [6.07, 6.45) is 2.61. The Balaban J connectivity index is 0.000000581. The highest BCUT2D eigenvalue weighted by Crippen LogP contribution is 2.12. The van der Waals surface area contributed by atoms with Crippen LogP contribution in [0.5, 0.6) is 0 Å². The molecule has 1 aromatic rings. The Morgan fingerprint density at radius 3 is 1.88 bits per heavy atom. The molecule has 0 N–H and O–H groups in total. The molecule has 1 aliphatic rings. The normalized spacial score (nSPS) is 14.4. The first-order valence-corrected chi connectivity index (χ1v) is 6.81. The highest BCUT2D eigenvalue weighted by atomic mass is 19.1. The second-order valence-corrected chi connectivity index (χ2v) is 3.61. The van der Waals surface area contributed by atoms with Gasteiger partial charge in [0.05, 0.1) is 0 Å². The minimum atomic E-state index is -0.148. The van der Waals surface area contributed by atoms with Crippen LogP contribution in [0.25, 0.3) is 0 Å². The van der Waals surface area contributed by atoms with Crippen molar-refractivity contribution in [2.45, 2.75) is 47.1 Å². The van der Waals surface area contributed by atoms with E-state index in [4.69, 9.17) is 0 Å². The summed E-state index contributed by atoms with van der Waals surface area (Å²) in [4.78, 5) is 2.41. The minimum Gasteiger partial charge on any atom is -0.299 e. The lowest BCUT2D eigenvalue weighted by atomic mass is 10.2. The van der Waals surface area contributed by atoms with E-state index in [1.54, 1.807) is 0 Å². The van der Waals surface area contributed by atoms with Crippen molar-refractivity contribution in [1.82, 2.24) is 4.90 Å². The van der Waals surface area contributed by atoms with Gasteiger partial charge in [-0.05, 0) is 43.6 Å². The highest BCUT2D eigenvalue weighted by molar-refractivity contribution is 5.15. The fraction of sp³-hybridized carbons (Fsp3) is 0.600. The van der Waals surface area contributed by atoms with E-state index in [-0.39, 0.29) is 5.82 Å². The Kier molecular flexibility index (Phi) is 9.74. The maximum Gasteiger partial charge on any atom is 0.123 e. The maximum absolute atomic E-state index is 12.6. The van der Waals surface area contributed by atoms with E-state index in [0.29, 0.717) is 0 Å². The van der Waals surface area contributed by atoms with Gasteiger partial charge in [-0.2, -0.15) is 0 Å². The Morgan fingerprint density at radius 1 is 0.941 bits per heavy atom. The quantitative estimate of drug-likeness (QED) is 0.736. The molecule has 1 aliphatic heterocycles. The van der Waals surface area contributed by atoms with Gasteiger partial charge in [0.2, 0.25) is 0 Å². The summed E-state index contributed by atoms with van der Waals surface area (Å²) in [7, 11) is 0. The number of halogens is 1. The molecule has 0 aromatic heterocycles. The van der Waals surface area contributed by atoms with Crippen LogP contribution < -0.4 is 0 Å². The molecule has 0 amide bonds. The van der Waals surface area contributed by atoms with Crippen LogP contribution in [0.15, 0.2) is 24.3 Å². The Morgan fingerprint density at radius 2 is 1.41 bits per heavy atom. The lowest BCUT2D eigenvalue weighted by Gasteiger charge is -2.13. The van der Waals surface area contributed by atoms with Gasteiger partial charge < -0.3 is 0 Å². The summed E-state index contributed by atoms with van der Waals surface area (Å²) >= 11 is 0. The van der Waals surface area contributed by atoms with Gasteiger partial charge in [0.15, 0.2) is 0 Å². The summed E-state index contributed by atoms with van der Waals surface area (Å²) in [6, 6.07) is 6.80. The van der Waals surface area contributed by atoms with Gasteiger partial charge in [0.25, 0.3) is 0 Å². The molecule has 0 aliphatic carbocycles. The molecule has 0 saturated carbocycles. The van der Waals surface area contributed by atoms with E-state index in [1.165, 1.54) is 43.6 Å². The molecular formula is C15H26FN. The van der Waals surface area contributed by atoms with E-state index in [9.17, 15) is 4.39 Å². The van der Waals surface area contributed by atoms with Crippen LogP contribution in [0.2, 0.25) is 0 Å². The molecule has 2 rings (SSSR count). The molecule has 1 fully saturated rings. The molecule has 0 spiro atoms. The largest absolute Gasteiger partial charge is 0.299 e. The van der Waals surface area contributed by atoms with Crippen LogP contribution in [-0.2, 0) is 6.54 Å². The first-order valence-electron chi connectivity index (χ1n) is 6.81. The molecule has 0 unspecified atom stereocenters. The monoisotopic (exact) mass is 239 g/mol. The number of rotatable bonds is 2. The smallest absolute Gasteiger partial charge is 0.123 e. The molecular weight excluding hydrogens is 213 g/mol. The van der Waals surface area contributed by atoms with Gasteiger partial charge in [-0.1, -0.05) is 39.8 Å². The van der Waals surface area contributed by atoms with Gasteiger partial charge in [-0.15, -0.1) is 0 Å². The highest BCUT2D eigenvalue weighted by Gasteiger charge is 2.11. The Labute approximate surface area is 106 Å². The number of nitrogens with zero attached hydrogens (tertiary/aromatic N) is 1. The van der Waals surface area contributed by atoms with Gasteiger partial charge >= 0.3 is 0 Å². The van der Waals surface area contributed by atoms with Crippen molar-refractivity contribution in [2.75, 3.05) is 13.1 Å². The second-order valence-electron chi connectivity index (χ2n) is 3.61. The zero-order valence-corrected chi connectivity index (χ0v) is 11.7. The van der Waals surface area contributed by atoms with Crippen LogP contribution in [0, 0.1) is 5.82 Å². The van der Waals surface area contributed by atoms with Crippen LogP contribution in [0.4, 0.5) is 4.39 Å². The van der Waals surface area contributed by atoms with Gasteiger partial charge in [-0.25, -0.2) is 4.39 Å². The molecule has 98 valence electrons. The summed E-state index contributed by atoms with van der Waals surface area (Å²) < 4.78 is 12.6. The lowest BCUT2D eigenvalue weighted by molar-refractivity contribution is 0.331. The van der Waals surface area contributed by atoms with Crippen LogP contribution in [-0.4, -0.2) is 18.0 Å². The fourth-order valence-corrected chi connectivity index (χ4v) is 1.79. The van der Waals surface area contributed by atoms with E-state index < -0.39 is 0 Å². The molecule has 0 bridgehead atoms. The molecule has 1 saturated heterocycles. The third-order valence-electron chi connectivity index (χ3n) is 2.52. The average Bonchev–Trinajstić information content (AvgIpc) is 2.90. The van der Waals surface area contributed by atoms with Crippen molar-refractivity contribution >= 4 is 0 Å². The number of hydrogen-bond donors (Lipinski definition) is 0. The van der Waals surface area contributed by atoms with Gasteiger partial charge in [-0.3, -0.25) is 4.90 Å². The van der Waals surface area contributed by atoms with Crippen molar-refractivity contribution in [1.29, 1.82) is 0 Å². The van der Waals surface area contributed by atoms with Crippen molar-refractivity contribution in [3.8, 4) is 0 Å². The number of benzene rings is 1. The standard InChI is InChI=1S/C11H14FN.2C2H6/c12-11-5-3-10(4-6-11)9-13-7-1-2-8-13;2*1-2/h3-6H,1-2,7-9H2;2*1-2H3. The molecule has 1 nitrogen and oxygen atoms in total. The zero-order valence-electron chi connectivity index (χ0n) is 11.7. The van der Waals surface area contributed by atoms with Crippen LogP contribution in [0.3, 0.4) is 0 Å². The molecule has 1 heterocycles. The van der Waals surface area contributed by atoms with Gasteiger partial charge in [0, 0.05) is 6.54 Å². The molecule has 0 radical (unpaired) electrons. The third kappa shape index (κ3) is 6.42. The van der Waals surface area contributed by atoms with E-state index in [0.717, 1.165) is 6.54 Å². The first kappa shape index (κ1) is 16.1. The van der Waals surface area contributed by atoms with E-state index in [1.807, 2.05) is 39.8 Å². The summed E-state index contributed by atoms with van der Waals surface area (Å²) in [5.41, 5.74) is 1.21. The molecule has 2 heteroatoms. The number of likely N-dealkylation sites (tertiary alicyclic amines) is 1. The SMILES string of the molecule is CC.CC.Fc1ccc(CN2CCCC2)cc1. The Hall–Kier alpha value is -0.890. The minimum absolute atomic E-state index is 0.148. The van der Waals surface area contributed by atoms with Crippen molar-refractivity contribution in [3.63, 3.8) is 0 Å². The number of hydrogen-bond acceptors (Lipinski definition) is 1. The van der Waals surface area contributed by atoms with Crippen molar-refractivity contribution in [2.24, 2.45) is 0 Å². The second kappa shape index (κ2) is 10.3. The Bertz CT molecular complexity index is 263. The molecule has 0 atom stereocenters. The lowest BCUT2D eigenvalue weighted by Crippen LogP contribution is -2.18. The van der Waals surface area contributed by atoms with Crippen molar-refractivity contribution < 1.29 is 4.39 Å². The topological polar surface area (TPSA) is 3.24 Å². The summed E-state index contributed by atoms with van der Waals surface area (Å²) in [6.45, 7) is 11.4.